The molecule has 1 fully saturated rings. The zero-order valence-corrected chi connectivity index (χ0v) is 24.0. The first-order valence-corrected chi connectivity index (χ1v) is 15.3. The van der Waals surface area contributed by atoms with Crippen molar-refractivity contribution < 1.29 is 35.3 Å². The fourth-order valence-corrected chi connectivity index (χ4v) is 5.80. The molecule has 2 aromatic rings. The van der Waals surface area contributed by atoms with Crippen LogP contribution in [0.3, 0.4) is 0 Å². The van der Waals surface area contributed by atoms with Crippen LogP contribution in [0.25, 0.3) is 0 Å². The third-order valence-corrected chi connectivity index (χ3v) is 8.20. The van der Waals surface area contributed by atoms with Gasteiger partial charge in [0.15, 0.2) is 0 Å². The average molecular weight is 585 g/mol. The van der Waals surface area contributed by atoms with Gasteiger partial charge in [-0.25, -0.2) is 0 Å². The Kier molecular flexibility index (Phi) is 11.7. The van der Waals surface area contributed by atoms with Crippen LogP contribution >= 0.6 is 0 Å². The first kappa shape index (κ1) is 31.7. The lowest BCUT2D eigenvalue weighted by atomic mass is 10.0. The van der Waals surface area contributed by atoms with E-state index in [4.69, 9.17) is 4.18 Å². The summed E-state index contributed by atoms with van der Waals surface area (Å²) in [7, 11) is -4.23. The molecule has 0 aliphatic carbocycles. The molecule has 1 amide bonds. The maximum atomic E-state index is 12.6. The van der Waals surface area contributed by atoms with Gasteiger partial charge in [-0.1, -0.05) is 25.5 Å². The predicted octanol–water partition coefficient (Wildman–Crippen LogP) is 6.18. The average Bonchev–Trinajstić information content (AvgIpc) is 3.10. The van der Waals surface area contributed by atoms with E-state index in [1.807, 2.05) is 17.0 Å². The van der Waals surface area contributed by atoms with E-state index in [0.717, 1.165) is 101 Å². The van der Waals surface area contributed by atoms with Gasteiger partial charge in [-0.3, -0.25) is 4.79 Å². The Morgan fingerprint density at radius 3 is 2.27 bits per heavy atom. The highest BCUT2D eigenvalue weighted by atomic mass is 32.2. The zero-order chi connectivity index (χ0) is 29.2. The van der Waals surface area contributed by atoms with Gasteiger partial charge in [0, 0.05) is 25.6 Å². The van der Waals surface area contributed by atoms with Crippen molar-refractivity contribution in [3.63, 3.8) is 0 Å². The first-order chi connectivity index (χ1) is 19.0. The summed E-state index contributed by atoms with van der Waals surface area (Å²) < 4.78 is 71.1. The number of carbonyl (C=O) groups is 1. The largest absolute Gasteiger partial charge is 0.573 e. The van der Waals surface area contributed by atoms with Crippen LogP contribution in [0.2, 0.25) is 0 Å². The number of rotatable bonds is 14. The van der Waals surface area contributed by atoms with Gasteiger partial charge in [-0.15, -0.1) is 13.2 Å². The fourth-order valence-electron chi connectivity index (χ4n) is 4.87. The molecule has 1 atom stereocenters. The smallest absolute Gasteiger partial charge is 0.406 e. The predicted molar refractivity (Wildman–Crippen MR) is 147 cm³/mol. The van der Waals surface area contributed by atoms with Crippen molar-refractivity contribution >= 4 is 16.0 Å². The van der Waals surface area contributed by atoms with E-state index in [0.29, 0.717) is 6.42 Å². The molecule has 11 heteroatoms. The molecular weight excluding hydrogens is 545 g/mol. The third kappa shape index (κ3) is 10.3. The monoisotopic (exact) mass is 584 g/mol. The Labute approximate surface area is 235 Å². The van der Waals surface area contributed by atoms with Crippen molar-refractivity contribution in [2.75, 3.05) is 26.2 Å². The Morgan fingerprint density at radius 1 is 0.950 bits per heavy atom. The van der Waals surface area contributed by atoms with E-state index < -0.39 is 22.2 Å². The number of benzene rings is 2. The van der Waals surface area contributed by atoms with Crippen molar-refractivity contribution in [3.8, 4) is 11.5 Å². The van der Waals surface area contributed by atoms with E-state index in [1.54, 1.807) is 12.1 Å². The van der Waals surface area contributed by atoms with Gasteiger partial charge in [-0.2, -0.15) is 8.42 Å². The number of amides is 1. The second-order valence-electron chi connectivity index (χ2n) is 10.2. The lowest BCUT2D eigenvalue weighted by Gasteiger charge is -2.29. The molecule has 0 saturated carbocycles. The molecule has 0 N–H and O–H groups in total. The SMILES string of the molecule is CCCN(CCCCN1CCCCCC1=O)C(C)Cc1ccc(OS(=O)(=O)c2ccc(OC(F)(F)F)cc2)cc1. The minimum absolute atomic E-state index is 0.112. The third-order valence-electron chi connectivity index (χ3n) is 6.94. The number of nitrogens with zero attached hydrogens (tertiary/aromatic N) is 2. The normalized spacial score (nSPS) is 15.7. The topological polar surface area (TPSA) is 76.2 Å². The Morgan fingerprint density at radius 2 is 1.62 bits per heavy atom. The number of ether oxygens (including phenoxy) is 1. The van der Waals surface area contributed by atoms with Crippen LogP contribution in [-0.2, 0) is 21.3 Å². The lowest BCUT2D eigenvalue weighted by Crippen LogP contribution is -2.37. The zero-order valence-electron chi connectivity index (χ0n) is 23.2. The maximum Gasteiger partial charge on any atom is 0.573 e. The quantitative estimate of drug-likeness (QED) is 0.195. The summed E-state index contributed by atoms with van der Waals surface area (Å²) in [6.07, 6.45) is 2.83. The molecule has 2 aromatic carbocycles. The van der Waals surface area contributed by atoms with Gasteiger partial charge < -0.3 is 18.7 Å². The molecule has 1 aliphatic heterocycles. The van der Waals surface area contributed by atoms with Gasteiger partial charge in [0.05, 0.1) is 0 Å². The van der Waals surface area contributed by atoms with Gasteiger partial charge >= 0.3 is 16.5 Å². The van der Waals surface area contributed by atoms with Crippen LogP contribution in [0, 0.1) is 0 Å². The molecule has 0 spiro atoms. The standard InChI is InChI=1S/C29H39F3N2O5S/c1-3-18-33(19-7-8-21-34-20-6-4-5-9-28(34)35)23(2)22-24-10-12-26(13-11-24)39-40(36,37)27-16-14-25(15-17-27)38-29(30,31)32/h10-17,23H,3-9,18-22H2,1-2H3. The van der Waals surface area contributed by atoms with Gasteiger partial charge in [-0.05, 0) is 100 Å². The maximum absolute atomic E-state index is 12.6. The Balaban J connectivity index is 1.50. The summed E-state index contributed by atoms with van der Waals surface area (Å²) in [6, 6.07) is 10.9. The Hall–Kier alpha value is -2.79. The molecule has 0 aromatic heterocycles. The van der Waals surface area contributed by atoms with Crippen LogP contribution in [0.4, 0.5) is 13.2 Å². The number of likely N-dealkylation sites (tertiary alicyclic amines) is 1. The van der Waals surface area contributed by atoms with Gasteiger partial charge in [0.2, 0.25) is 5.91 Å². The number of carbonyl (C=O) groups excluding carboxylic acids is 1. The van der Waals surface area contributed by atoms with Crippen LogP contribution < -0.4 is 8.92 Å². The summed E-state index contributed by atoms with van der Waals surface area (Å²) >= 11 is 0. The van der Waals surface area contributed by atoms with E-state index in [1.165, 1.54) is 0 Å². The van der Waals surface area contributed by atoms with Crippen molar-refractivity contribution in [3.05, 3.63) is 54.1 Å². The summed E-state index contributed by atoms with van der Waals surface area (Å²) in [4.78, 5) is 16.4. The number of unbranched alkanes of at least 4 members (excludes halogenated alkanes) is 1. The minimum atomic E-state index is -4.86. The van der Waals surface area contributed by atoms with E-state index in [-0.39, 0.29) is 22.6 Å². The van der Waals surface area contributed by atoms with Crippen LogP contribution in [0.1, 0.15) is 64.4 Å². The molecule has 1 unspecified atom stereocenters. The number of hydrogen-bond donors (Lipinski definition) is 0. The number of hydrogen-bond acceptors (Lipinski definition) is 6. The van der Waals surface area contributed by atoms with Crippen LogP contribution in [0.5, 0.6) is 11.5 Å². The van der Waals surface area contributed by atoms with E-state index >= 15 is 0 Å². The molecule has 3 rings (SSSR count). The fraction of sp³-hybridized carbons (Fsp3) is 0.552. The highest BCUT2D eigenvalue weighted by Crippen LogP contribution is 2.26. The van der Waals surface area contributed by atoms with Crippen molar-refractivity contribution in [2.45, 2.75) is 82.5 Å². The first-order valence-electron chi connectivity index (χ1n) is 13.9. The molecule has 1 saturated heterocycles. The molecule has 40 heavy (non-hydrogen) atoms. The number of halogens is 3. The molecular formula is C29H39F3N2O5S. The van der Waals surface area contributed by atoms with Crippen molar-refractivity contribution in [2.24, 2.45) is 0 Å². The summed E-state index contributed by atoms with van der Waals surface area (Å²) in [5, 5.41) is 0. The highest BCUT2D eigenvalue weighted by Gasteiger charge is 2.31. The second kappa shape index (κ2) is 14.7. The molecule has 1 heterocycles. The summed E-state index contributed by atoms with van der Waals surface area (Å²) in [5.74, 6) is -0.125. The molecule has 1 aliphatic rings. The van der Waals surface area contributed by atoms with Crippen molar-refractivity contribution in [1.29, 1.82) is 0 Å². The van der Waals surface area contributed by atoms with E-state index in [9.17, 15) is 26.4 Å². The second-order valence-corrected chi connectivity index (χ2v) is 11.7. The minimum Gasteiger partial charge on any atom is -0.406 e. The molecule has 0 radical (unpaired) electrons. The van der Waals surface area contributed by atoms with Crippen LogP contribution in [-0.4, -0.2) is 62.7 Å². The van der Waals surface area contributed by atoms with Crippen LogP contribution in [0.15, 0.2) is 53.4 Å². The van der Waals surface area contributed by atoms with Gasteiger partial charge in [0.25, 0.3) is 0 Å². The van der Waals surface area contributed by atoms with E-state index in [2.05, 4.69) is 23.5 Å². The number of alkyl halides is 3. The molecule has 222 valence electrons. The Bertz CT molecular complexity index is 1170. The highest BCUT2D eigenvalue weighted by molar-refractivity contribution is 7.87. The molecule has 7 nitrogen and oxygen atoms in total. The van der Waals surface area contributed by atoms with Crippen molar-refractivity contribution in [1.82, 2.24) is 9.80 Å². The lowest BCUT2D eigenvalue weighted by molar-refractivity contribution is -0.274. The summed E-state index contributed by atoms with van der Waals surface area (Å²) in [6.45, 7) is 7.94. The molecule has 0 bridgehead atoms. The summed E-state index contributed by atoms with van der Waals surface area (Å²) in [5.41, 5.74) is 1.03. The van der Waals surface area contributed by atoms with Gasteiger partial charge in [0.1, 0.15) is 16.4 Å².